The maximum Gasteiger partial charge on any atom is 0.319 e. The van der Waals surface area contributed by atoms with Gasteiger partial charge in [-0.3, -0.25) is 4.79 Å². The molecule has 0 unspecified atom stereocenters. The Morgan fingerprint density at radius 2 is 1.92 bits per heavy atom. The molecule has 6 heteroatoms. The summed E-state index contributed by atoms with van der Waals surface area (Å²) in [5.41, 5.74) is 0.0130. The van der Waals surface area contributed by atoms with Crippen LogP contribution in [0.1, 0.15) is 38.5 Å². The van der Waals surface area contributed by atoms with E-state index in [-0.39, 0.29) is 24.1 Å². The summed E-state index contributed by atoms with van der Waals surface area (Å²) < 4.78 is 10.8. The van der Waals surface area contributed by atoms with Crippen molar-refractivity contribution in [3.63, 3.8) is 0 Å². The molecule has 1 aromatic rings. The van der Waals surface area contributed by atoms with Gasteiger partial charge in [-0.15, -0.1) is 0 Å². The van der Waals surface area contributed by atoms with Gasteiger partial charge in [0.15, 0.2) is 6.61 Å². The fourth-order valence-corrected chi connectivity index (χ4v) is 5.34. The Morgan fingerprint density at radius 1 is 1.24 bits per heavy atom. The second-order valence-electron chi connectivity index (χ2n) is 7.81. The number of hydrogen-bond donors (Lipinski definition) is 1. The molecular weight excluding hydrogens is 318 g/mol. The third-order valence-electron chi connectivity index (χ3n) is 5.73. The average Bonchev–Trinajstić information content (AvgIpc) is 2.57. The van der Waals surface area contributed by atoms with Crippen LogP contribution in [0.2, 0.25) is 0 Å². The highest BCUT2D eigenvalue weighted by atomic mass is 16.5. The maximum atomic E-state index is 12.4. The lowest BCUT2D eigenvalue weighted by Gasteiger charge is -2.56. The largest absolute Gasteiger partial charge is 0.467 e. The zero-order chi connectivity index (χ0) is 17.3. The van der Waals surface area contributed by atoms with E-state index in [0.29, 0.717) is 12.5 Å². The first-order chi connectivity index (χ1) is 12.1. The van der Waals surface area contributed by atoms with Gasteiger partial charge in [-0.2, -0.15) is 4.98 Å². The highest BCUT2D eigenvalue weighted by Gasteiger charge is 2.51. The third kappa shape index (κ3) is 3.62. The molecule has 0 saturated heterocycles. The van der Waals surface area contributed by atoms with Gasteiger partial charge in [0.2, 0.25) is 5.88 Å². The van der Waals surface area contributed by atoms with Crippen LogP contribution in [0.5, 0.6) is 11.9 Å². The standard InChI is InChI=1S/C19H25N3O3/c1-2-5-24-18-20-4-3-17(21-18)25-12-16(23)22-19-9-13-6-14(10-19)8-15(7-13)11-19/h2-4,13-15H,1,5-12H2,(H,22,23). The van der Waals surface area contributed by atoms with Crippen molar-refractivity contribution in [2.45, 2.75) is 44.1 Å². The molecule has 5 rings (SSSR count). The van der Waals surface area contributed by atoms with Gasteiger partial charge in [0.1, 0.15) is 6.61 Å². The van der Waals surface area contributed by atoms with Crippen LogP contribution < -0.4 is 14.8 Å². The predicted molar refractivity (Wildman–Crippen MR) is 92.3 cm³/mol. The van der Waals surface area contributed by atoms with Crippen LogP contribution in [0.3, 0.4) is 0 Å². The van der Waals surface area contributed by atoms with Crippen LogP contribution in [-0.2, 0) is 4.79 Å². The third-order valence-corrected chi connectivity index (χ3v) is 5.73. The molecule has 0 aliphatic heterocycles. The lowest BCUT2D eigenvalue weighted by molar-refractivity contribution is -0.128. The molecular formula is C19H25N3O3. The van der Waals surface area contributed by atoms with Gasteiger partial charge in [0.25, 0.3) is 5.91 Å². The summed E-state index contributed by atoms with van der Waals surface area (Å²) in [6.07, 6.45) is 10.7. The highest BCUT2D eigenvalue weighted by molar-refractivity contribution is 5.78. The van der Waals surface area contributed by atoms with Crippen molar-refractivity contribution in [2.75, 3.05) is 13.2 Å². The first kappa shape index (κ1) is 16.4. The molecule has 1 aromatic heterocycles. The number of carbonyl (C=O) groups is 1. The Bertz CT molecular complexity index is 626. The molecule has 0 aromatic carbocycles. The monoisotopic (exact) mass is 343 g/mol. The molecule has 4 aliphatic carbocycles. The van der Waals surface area contributed by atoms with Crippen molar-refractivity contribution in [2.24, 2.45) is 17.8 Å². The highest BCUT2D eigenvalue weighted by Crippen LogP contribution is 2.55. The predicted octanol–water partition coefficient (Wildman–Crippen LogP) is 2.51. The van der Waals surface area contributed by atoms with E-state index in [1.807, 2.05) is 0 Å². The summed E-state index contributed by atoms with van der Waals surface area (Å²) in [4.78, 5) is 20.5. The van der Waals surface area contributed by atoms with E-state index in [1.54, 1.807) is 18.3 Å². The molecule has 1 heterocycles. The molecule has 4 bridgehead atoms. The summed E-state index contributed by atoms with van der Waals surface area (Å²) in [6, 6.07) is 1.84. The van der Waals surface area contributed by atoms with E-state index in [4.69, 9.17) is 9.47 Å². The fraction of sp³-hybridized carbons (Fsp3) is 0.632. The molecule has 4 saturated carbocycles. The minimum absolute atomic E-state index is 0.0130. The summed E-state index contributed by atoms with van der Waals surface area (Å²) in [7, 11) is 0. The lowest BCUT2D eigenvalue weighted by Crippen LogP contribution is -2.60. The number of hydrogen-bond acceptors (Lipinski definition) is 5. The minimum Gasteiger partial charge on any atom is -0.467 e. The zero-order valence-electron chi connectivity index (χ0n) is 14.4. The lowest BCUT2D eigenvalue weighted by atomic mass is 9.53. The van der Waals surface area contributed by atoms with Crippen molar-refractivity contribution in [3.8, 4) is 11.9 Å². The number of carbonyl (C=O) groups excluding carboxylic acids is 1. The maximum absolute atomic E-state index is 12.4. The van der Waals surface area contributed by atoms with Crippen LogP contribution >= 0.6 is 0 Å². The van der Waals surface area contributed by atoms with Crippen LogP contribution in [0, 0.1) is 17.8 Å². The second kappa shape index (κ2) is 6.65. The molecule has 4 aliphatic rings. The van der Waals surface area contributed by atoms with E-state index in [1.165, 1.54) is 19.3 Å². The van der Waals surface area contributed by atoms with E-state index in [0.717, 1.165) is 37.0 Å². The Kier molecular flexibility index (Phi) is 4.36. The summed E-state index contributed by atoms with van der Waals surface area (Å²) in [5, 5.41) is 3.29. The molecule has 1 amide bonds. The number of rotatable bonds is 7. The Labute approximate surface area is 148 Å². The van der Waals surface area contributed by atoms with Gasteiger partial charge in [0, 0.05) is 17.8 Å². The number of ether oxygens (including phenoxy) is 2. The van der Waals surface area contributed by atoms with E-state index >= 15 is 0 Å². The van der Waals surface area contributed by atoms with Crippen LogP contribution in [0.4, 0.5) is 0 Å². The average molecular weight is 343 g/mol. The number of nitrogens with one attached hydrogen (secondary N) is 1. The first-order valence-corrected chi connectivity index (χ1v) is 9.15. The second-order valence-corrected chi connectivity index (χ2v) is 7.81. The van der Waals surface area contributed by atoms with Gasteiger partial charge in [-0.05, 0) is 56.3 Å². The summed E-state index contributed by atoms with van der Waals surface area (Å²) in [6.45, 7) is 3.88. The Morgan fingerprint density at radius 3 is 2.56 bits per heavy atom. The van der Waals surface area contributed by atoms with Gasteiger partial charge < -0.3 is 14.8 Å². The Hall–Kier alpha value is -2.11. The topological polar surface area (TPSA) is 73.3 Å². The molecule has 0 atom stereocenters. The zero-order valence-corrected chi connectivity index (χ0v) is 14.4. The van der Waals surface area contributed by atoms with Crippen molar-refractivity contribution in [1.29, 1.82) is 0 Å². The van der Waals surface area contributed by atoms with Crippen LogP contribution in [0.25, 0.3) is 0 Å². The first-order valence-electron chi connectivity index (χ1n) is 9.15. The van der Waals surface area contributed by atoms with Crippen molar-refractivity contribution in [3.05, 3.63) is 24.9 Å². The quantitative estimate of drug-likeness (QED) is 0.770. The van der Waals surface area contributed by atoms with E-state index in [9.17, 15) is 4.79 Å². The van der Waals surface area contributed by atoms with E-state index < -0.39 is 0 Å². The molecule has 134 valence electrons. The molecule has 4 fully saturated rings. The summed E-state index contributed by atoms with van der Waals surface area (Å²) >= 11 is 0. The molecule has 1 N–H and O–H groups in total. The number of aromatic nitrogens is 2. The normalized spacial score (nSPS) is 32.2. The molecule has 25 heavy (non-hydrogen) atoms. The van der Waals surface area contributed by atoms with Gasteiger partial charge in [-0.1, -0.05) is 12.7 Å². The Balaban J connectivity index is 1.32. The van der Waals surface area contributed by atoms with E-state index in [2.05, 4.69) is 21.9 Å². The van der Waals surface area contributed by atoms with Crippen molar-refractivity contribution in [1.82, 2.24) is 15.3 Å². The minimum atomic E-state index is -0.0610. The number of amides is 1. The van der Waals surface area contributed by atoms with Crippen LogP contribution in [-0.4, -0.2) is 34.6 Å². The van der Waals surface area contributed by atoms with Crippen molar-refractivity contribution < 1.29 is 14.3 Å². The van der Waals surface area contributed by atoms with Gasteiger partial charge in [-0.25, -0.2) is 4.98 Å². The SMILES string of the molecule is C=CCOc1nccc(OCC(=O)NC23CC4CC(CC(C4)C2)C3)n1. The van der Waals surface area contributed by atoms with Gasteiger partial charge in [0.05, 0.1) is 0 Å². The smallest absolute Gasteiger partial charge is 0.319 e. The molecule has 0 spiro atoms. The number of nitrogens with zero attached hydrogens (tertiary/aromatic N) is 2. The summed E-state index contributed by atoms with van der Waals surface area (Å²) in [5.74, 6) is 2.69. The van der Waals surface area contributed by atoms with Crippen molar-refractivity contribution >= 4 is 5.91 Å². The fourth-order valence-electron chi connectivity index (χ4n) is 5.34. The molecule has 0 radical (unpaired) electrons. The van der Waals surface area contributed by atoms with Crippen LogP contribution in [0.15, 0.2) is 24.9 Å². The molecule has 6 nitrogen and oxygen atoms in total. The van der Waals surface area contributed by atoms with Gasteiger partial charge >= 0.3 is 6.01 Å².